The molecule has 0 saturated carbocycles. The summed E-state index contributed by atoms with van der Waals surface area (Å²) in [6.45, 7) is 5.97. The number of methoxy groups -OCH3 is 1. The molecule has 0 saturated heterocycles. The molecular weight excluding hydrogens is 414 g/mol. The third kappa shape index (κ3) is 5.77. The number of imidazole rings is 1. The lowest BCUT2D eigenvalue weighted by Gasteiger charge is -2.13. The highest BCUT2D eigenvalue weighted by Gasteiger charge is 2.21. The molecule has 31 heavy (non-hydrogen) atoms. The number of esters is 1. The molecule has 0 aliphatic carbocycles. The van der Waals surface area contributed by atoms with Crippen LogP contribution in [-0.4, -0.2) is 32.6 Å². The van der Waals surface area contributed by atoms with Gasteiger partial charge >= 0.3 is 11.1 Å². The second-order valence-electron chi connectivity index (χ2n) is 7.54. The molecule has 0 amide bonds. The van der Waals surface area contributed by atoms with Gasteiger partial charge < -0.3 is 14.0 Å². The maximum absolute atomic E-state index is 12.9. The molecule has 1 N–H and O–H groups in total. The van der Waals surface area contributed by atoms with E-state index in [1.807, 2.05) is 13.8 Å². The Labute approximate surface area is 185 Å². The number of rotatable bonds is 10. The van der Waals surface area contributed by atoms with Crippen LogP contribution in [0.25, 0.3) is 11.0 Å². The third-order valence-corrected chi connectivity index (χ3v) is 6.29. The molecule has 166 valence electrons. The average molecular weight is 444 g/mol. The van der Waals surface area contributed by atoms with Gasteiger partial charge in [-0.05, 0) is 32.4 Å². The molecule has 8 heteroatoms. The number of hydrogen-bond acceptors (Lipinski definition) is 6. The van der Waals surface area contributed by atoms with E-state index < -0.39 is 11.2 Å². The third-order valence-electron chi connectivity index (χ3n) is 5.13. The first-order valence-corrected chi connectivity index (χ1v) is 11.8. The van der Waals surface area contributed by atoms with Crippen LogP contribution in [0.3, 0.4) is 0 Å². The Kier molecular flexibility index (Phi) is 7.92. The second kappa shape index (κ2) is 10.6. The summed E-state index contributed by atoms with van der Waals surface area (Å²) in [5.74, 6) is 1.18. The maximum atomic E-state index is 12.9. The van der Waals surface area contributed by atoms with Crippen molar-refractivity contribution in [1.82, 2.24) is 15.0 Å². The first-order valence-electron chi connectivity index (χ1n) is 10.5. The molecule has 3 rings (SSSR count). The van der Waals surface area contributed by atoms with E-state index in [-0.39, 0.29) is 11.7 Å². The molecule has 0 spiro atoms. The smallest absolute Gasteiger partial charge is 0.322 e. The Bertz CT molecular complexity index is 1050. The predicted octanol–water partition coefficient (Wildman–Crippen LogP) is 4.77. The number of carbonyl (C=O) groups is 1. The summed E-state index contributed by atoms with van der Waals surface area (Å²) in [5, 5.41) is 0.360. The van der Waals surface area contributed by atoms with Crippen LogP contribution in [0.15, 0.2) is 29.6 Å². The van der Waals surface area contributed by atoms with Crippen LogP contribution in [0.2, 0.25) is 0 Å². The fourth-order valence-corrected chi connectivity index (χ4v) is 4.52. The van der Waals surface area contributed by atoms with E-state index in [0.29, 0.717) is 28.5 Å². The number of unbranched alkanes of at least 4 members (excludes halogenated alkanes) is 3. The largest absolute Gasteiger partial charge is 0.609 e. The molecule has 0 aliphatic rings. The van der Waals surface area contributed by atoms with Crippen LogP contribution in [0.1, 0.15) is 55.8 Å². The topological polar surface area (TPSA) is 100 Å². The Morgan fingerprint density at radius 2 is 2.03 bits per heavy atom. The van der Waals surface area contributed by atoms with Crippen LogP contribution >= 0.6 is 0 Å². The number of H-pyrrole nitrogens is 1. The molecule has 0 radical (unpaired) electrons. The minimum Gasteiger partial charge on any atom is -0.609 e. The van der Waals surface area contributed by atoms with Gasteiger partial charge in [0, 0.05) is 41.0 Å². The van der Waals surface area contributed by atoms with Gasteiger partial charge in [0.15, 0.2) is 5.75 Å². The Balaban J connectivity index is 1.69. The highest BCUT2D eigenvalue weighted by Crippen LogP contribution is 2.27. The Morgan fingerprint density at radius 1 is 1.23 bits per heavy atom. The lowest BCUT2D eigenvalue weighted by Crippen LogP contribution is -2.10. The second-order valence-corrected chi connectivity index (χ2v) is 8.91. The molecule has 0 bridgehead atoms. The van der Waals surface area contributed by atoms with Crippen LogP contribution in [0.5, 0.6) is 11.5 Å². The average Bonchev–Trinajstić information content (AvgIpc) is 3.17. The molecule has 3 aromatic rings. The van der Waals surface area contributed by atoms with Crippen molar-refractivity contribution >= 4 is 28.2 Å². The summed E-state index contributed by atoms with van der Waals surface area (Å²) >= 11 is -1.41. The molecule has 2 heterocycles. The van der Waals surface area contributed by atoms with Crippen molar-refractivity contribution in [1.29, 1.82) is 0 Å². The number of ether oxygens (including phenoxy) is 2. The molecule has 1 aromatic carbocycles. The lowest BCUT2D eigenvalue weighted by molar-refractivity contribution is -0.134. The number of fused-ring (bicyclic) bond motifs is 1. The van der Waals surface area contributed by atoms with E-state index in [2.05, 4.69) is 21.9 Å². The number of aromatic amines is 1. The maximum Gasteiger partial charge on any atom is 0.322 e. The fraction of sp³-hybridized carbons (Fsp3) is 0.435. The predicted molar refractivity (Wildman–Crippen MR) is 121 cm³/mol. The number of carbonyl (C=O) groups excluding carboxylic acids is 1. The Morgan fingerprint density at radius 3 is 2.77 bits per heavy atom. The van der Waals surface area contributed by atoms with Crippen molar-refractivity contribution in [2.75, 3.05) is 7.11 Å². The fourth-order valence-electron chi connectivity index (χ4n) is 3.42. The summed E-state index contributed by atoms with van der Waals surface area (Å²) in [6.07, 6.45) is 6.23. The van der Waals surface area contributed by atoms with Crippen molar-refractivity contribution in [3.63, 3.8) is 0 Å². The summed E-state index contributed by atoms with van der Waals surface area (Å²) < 4.78 is 23.8. The lowest BCUT2D eigenvalue weighted by atomic mass is 10.1. The highest BCUT2D eigenvalue weighted by molar-refractivity contribution is 7.90. The zero-order valence-corrected chi connectivity index (χ0v) is 19.3. The first-order chi connectivity index (χ1) is 14.9. The van der Waals surface area contributed by atoms with Gasteiger partial charge in [-0.15, -0.1) is 0 Å². The van der Waals surface area contributed by atoms with Crippen molar-refractivity contribution in [2.45, 2.75) is 63.8 Å². The first kappa shape index (κ1) is 23.1. The van der Waals surface area contributed by atoms with E-state index >= 15 is 0 Å². The molecule has 1 atom stereocenters. The summed E-state index contributed by atoms with van der Waals surface area (Å²) in [4.78, 5) is 24.0. The minimum absolute atomic E-state index is 0.224. The molecular formula is C23H29N3O4S. The van der Waals surface area contributed by atoms with Crippen LogP contribution in [-0.2, 0) is 21.7 Å². The van der Waals surface area contributed by atoms with E-state index in [1.165, 1.54) is 0 Å². The van der Waals surface area contributed by atoms with Crippen molar-refractivity contribution in [3.05, 3.63) is 41.2 Å². The van der Waals surface area contributed by atoms with E-state index in [4.69, 9.17) is 9.47 Å². The van der Waals surface area contributed by atoms with E-state index in [1.54, 1.807) is 31.5 Å². The van der Waals surface area contributed by atoms with Gasteiger partial charge in [0.2, 0.25) is 0 Å². The van der Waals surface area contributed by atoms with Crippen molar-refractivity contribution < 1.29 is 18.8 Å². The van der Waals surface area contributed by atoms with Crippen molar-refractivity contribution in [2.24, 2.45) is 0 Å². The number of pyridine rings is 1. The molecule has 0 aliphatic heterocycles. The standard InChI is InChI=1S/C23H29N3O4S/c1-5-6-7-8-9-21(27)30-17-10-11-18-19(12-17)26-23(25-18)31(28)14-20-16(3)22(29-4)15(2)13-24-20/h10-13H,5-9,14H2,1-4H3,(H,25,26). The van der Waals surface area contributed by atoms with Crippen molar-refractivity contribution in [3.8, 4) is 11.5 Å². The number of hydrogen-bond donors (Lipinski definition) is 1. The van der Waals surface area contributed by atoms with Gasteiger partial charge in [-0.2, -0.15) is 4.98 Å². The van der Waals surface area contributed by atoms with E-state index in [9.17, 15) is 9.35 Å². The van der Waals surface area contributed by atoms with Gasteiger partial charge in [0.05, 0.1) is 23.8 Å². The molecule has 1 unspecified atom stereocenters. The normalized spacial score (nSPS) is 12.2. The van der Waals surface area contributed by atoms with Gasteiger partial charge in [-0.1, -0.05) is 26.2 Å². The zero-order chi connectivity index (χ0) is 22.4. The van der Waals surface area contributed by atoms with Gasteiger partial charge in [0.25, 0.3) is 0 Å². The Hall–Kier alpha value is -2.58. The SMILES string of the molecule is CCCCCCC(=O)Oc1ccc2[nH]c([S+]([O-])Cc3ncc(C)c(OC)c3C)nc2c1. The quantitative estimate of drug-likeness (QED) is 0.210. The van der Waals surface area contributed by atoms with Crippen LogP contribution < -0.4 is 9.47 Å². The van der Waals surface area contributed by atoms with Crippen LogP contribution in [0.4, 0.5) is 0 Å². The monoisotopic (exact) mass is 443 g/mol. The number of nitrogens with zero attached hydrogens (tertiary/aromatic N) is 2. The molecule has 2 aromatic heterocycles. The summed E-state index contributed by atoms with van der Waals surface area (Å²) in [7, 11) is 1.62. The summed E-state index contributed by atoms with van der Waals surface area (Å²) in [6, 6.07) is 5.18. The minimum atomic E-state index is -1.41. The van der Waals surface area contributed by atoms with Gasteiger partial charge in [-0.3, -0.25) is 14.8 Å². The molecule has 0 fully saturated rings. The van der Waals surface area contributed by atoms with Gasteiger partial charge in [-0.25, -0.2) is 0 Å². The number of aromatic nitrogens is 3. The zero-order valence-electron chi connectivity index (χ0n) is 18.5. The number of aryl methyl sites for hydroxylation is 1. The highest BCUT2D eigenvalue weighted by atomic mass is 32.2. The number of nitrogens with one attached hydrogen (secondary N) is 1. The van der Waals surface area contributed by atoms with Gasteiger partial charge in [0.1, 0.15) is 11.5 Å². The molecule has 7 nitrogen and oxygen atoms in total. The summed E-state index contributed by atoms with van der Waals surface area (Å²) in [5.41, 5.74) is 3.85. The van der Waals surface area contributed by atoms with Crippen LogP contribution in [0, 0.1) is 13.8 Å². The number of benzene rings is 1. The van der Waals surface area contributed by atoms with E-state index in [0.717, 1.165) is 48.1 Å².